The highest BCUT2D eigenvalue weighted by atomic mass is 16.2. The summed E-state index contributed by atoms with van der Waals surface area (Å²) in [5, 5.41) is 3.08. The lowest BCUT2D eigenvalue weighted by Gasteiger charge is -2.33. The van der Waals surface area contributed by atoms with E-state index in [9.17, 15) is 9.59 Å². The third-order valence-corrected chi connectivity index (χ3v) is 6.00. The summed E-state index contributed by atoms with van der Waals surface area (Å²) in [6, 6.07) is 20.7. The maximum absolute atomic E-state index is 13.1. The van der Waals surface area contributed by atoms with Gasteiger partial charge in [-0.2, -0.15) is 0 Å². The molecule has 0 spiro atoms. The van der Waals surface area contributed by atoms with Crippen LogP contribution in [0.5, 0.6) is 0 Å². The molecule has 2 aromatic carbocycles. The highest BCUT2D eigenvalue weighted by molar-refractivity contribution is 5.80. The molecule has 0 bridgehead atoms. The molecule has 1 fully saturated rings. The molecule has 0 aliphatic carbocycles. The number of nitrogens with zero attached hydrogens (tertiary/aromatic N) is 1. The summed E-state index contributed by atoms with van der Waals surface area (Å²) >= 11 is 0. The van der Waals surface area contributed by atoms with Crippen LogP contribution in [0.1, 0.15) is 56.6 Å². The Morgan fingerprint density at radius 3 is 1.97 bits per heavy atom. The van der Waals surface area contributed by atoms with Crippen molar-refractivity contribution < 1.29 is 9.59 Å². The first-order valence-corrected chi connectivity index (χ1v) is 10.8. The Morgan fingerprint density at radius 1 is 0.966 bits per heavy atom. The summed E-state index contributed by atoms with van der Waals surface area (Å²) in [5.41, 5.74) is 2.32. The third kappa shape index (κ3) is 5.69. The van der Waals surface area contributed by atoms with Gasteiger partial charge in [0.2, 0.25) is 11.8 Å². The normalized spacial score (nSPS) is 15.9. The van der Waals surface area contributed by atoms with Gasteiger partial charge in [-0.15, -0.1) is 0 Å². The molecule has 1 N–H and O–H groups in total. The Morgan fingerprint density at radius 2 is 1.48 bits per heavy atom. The SMILES string of the molecule is CCC(C)NC(=O)C1CCN(C(=O)CC(c2ccccc2)c2ccccc2)CC1. The highest BCUT2D eigenvalue weighted by Gasteiger charge is 2.29. The molecule has 2 amide bonds. The number of nitrogens with one attached hydrogen (secondary N) is 1. The molecule has 1 unspecified atom stereocenters. The van der Waals surface area contributed by atoms with Crippen LogP contribution < -0.4 is 5.32 Å². The maximum Gasteiger partial charge on any atom is 0.223 e. The number of hydrogen-bond acceptors (Lipinski definition) is 2. The smallest absolute Gasteiger partial charge is 0.223 e. The number of hydrogen-bond donors (Lipinski definition) is 1. The molecule has 4 nitrogen and oxygen atoms in total. The molecule has 3 rings (SSSR count). The lowest BCUT2D eigenvalue weighted by atomic mass is 9.87. The molecule has 154 valence electrons. The summed E-state index contributed by atoms with van der Waals surface area (Å²) in [6.45, 7) is 5.42. The van der Waals surface area contributed by atoms with Crippen LogP contribution in [-0.4, -0.2) is 35.8 Å². The number of piperidine rings is 1. The minimum Gasteiger partial charge on any atom is -0.353 e. The van der Waals surface area contributed by atoms with Gasteiger partial charge >= 0.3 is 0 Å². The Kier molecular flexibility index (Phi) is 7.45. The van der Waals surface area contributed by atoms with Crippen molar-refractivity contribution in [2.24, 2.45) is 5.92 Å². The Hall–Kier alpha value is -2.62. The summed E-state index contributed by atoms with van der Waals surface area (Å²) in [7, 11) is 0. The summed E-state index contributed by atoms with van der Waals surface area (Å²) in [4.78, 5) is 27.4. The maximum atomic E-state index is 13.1. The lowest BCUT2D eigenvalue weighted by molar-refractivity contribution is -0.136. The molecule has 4 heteroatoms. The van der Waals surface area contributed by atoms with Crippen molar-refractivity contribution in [3.05, 3.63) is 71.8 Å². The molecule has 1 heterocycles. The van der Waals surface area contributed by atoms with Crippen molar-refractivity contribution in [1.82, 2.24) is 10.2 Å². The zero-order valence-corrected chi connectivity index (χ0v) is 17.5. The van der Waals surface area contributed by atoms with Gasteiger partial charge in [-0.1, -0.05) is 67.6 Å². The number of carbonyl (C=O) groups excluding carboxylic acids is 2. The predicted molar refractivity (Wildman–Crippen MR) is 117 cm³/mol. The van der Waals surface area contributed by atoms with Crippen molar-refractivity contribution in [2.45, 2.75) is 51.5 Å². The predicted octanol–water partition coefficient (Wildman–Crippen LogP) is 4.36. The van der Waals surface area contributed by atoms with E-state index in [0.29, 0.717) is 19.5 Å². The van der Waals surface area contributed by atoms with E-state index in [1.165, 1.54) is 0 Å². The van der Waals surface area contributed by atoms with Gasteiger partial charge < -0.3 is 10.2 Å². The van der Waals surface area contributed by atoms with Gasteiger partial charge in [0.1, 0.15) is 0 Å². The van der Waals surface area contributed by atoms with E-state index < -0.39 is 0 Å². The first kappa shape index (κ1) is 21.1. The van der Waals surface area contributed by atoms with E-state index in [0.717, 1.165) is 30.4 Å². The van der Waals surface area contributed by atoms with Gasteiger partial charge in [0, 0.05) is 37.4 Å². The first-order chi connectivity index (χ1) is 14.1. The fourth-order valence-electron chi connectivity index (χ4n) is 3.96. The zero-order valence-electron chi connectivity index (χ0n) is 17.5. The van der Waals surface area contributed by atoms with Crippen LogP contribution in [-0.2, 0) is 9.59 Å². The molecular weight excluding hydrogens is 360 g/mol. The molecular formula is C25H32N2O2. The largest absolute Gasteiger partial charge is 0.353 e. The van der Waals surface area contributed by atoms with E-state index in [2.05, 4.69) is 36.5 Å². The number of likely N-dealkylation sites (tertiary alicyclic amines) is 1. The van der Waals surface area contributed by atoms with Crippen molar-refractivity contribution >= 4 is 11.8 Å². The Bertz CT molecular complexity index is 743. The molecule has 29 heavy (non-hydrogen) atoms. The molecule has 1 aliphatic rings. The third-order valence-electron chi connectivity index (χ3n) is 6.00. The van der Waals surface area contributed by atoms with Crippen LogP contribution in [0.3, 0.4) is 0 Å². The van der Waals surface area contributed by atoms with Crippen molar-refractivity contribution in [2.75, 3.05) is 13.1 Å². The van der Waals surface area contributed by atoms with Crippen LogP contribution in [0, 0.1) is 5.92 Å². The minimum absolute atomic E-state index is 0.0205. The molecule has 2 aromatic rings. The first-order valence-electron chi connectivity index (χ1n) is 10.8. The fraction of sp³-hybridized carbons (Fsp3) is 0.440. The van der Waals surface area contributed by atoms with Crippen LogP contribution in [0.4, 0.5) is 0 Å². The van der Waals surface area contributed by atoms with Gasteiger partial charge in [-0.25, -0.2) is 0 Å². The average molecular weight is 393 g/mol. The van der Waals surface area contributed by atoms with E-state index >= 15 is 0 Å². The van der Waals surface area contributed by atoms with E-state index in [1.54, 1.807) is 0 Å². The van der Waals surface area contributed by atoms with E-state index in [-0.39, 0.29) is 29.7 Å². The van der Waals surface area contributed by atoms with Gasteiger partial charge in [-0.3, -0.25) is 9.59 Å². The van der Waals surface area contributed by atoms with Crippen LogP contribution >= 0.6 is 0 Å². The molecule has 0 aromatic heterocycles. The number of amides is 2. The van der Waals surface area contributed by atoms with Gasteiger partial charge in [0.05, 0.1) is 0 Å². The Labute approximate surface area is 174 Å². The molecule has 1 atom stereocenters. The number of rotatable bonds is 7. The van der Waals surface area contributed by atoms with Crippen LogP contribution in [0.25, 0.3) is 0 Å². The fourth-order valence-corrected chi connectivity index (χ4v) is 3.96. The second kappa shape index (κ2) is 10.2. The van der Waals surface area contributed by atoms with E-state index in [4.69, 9.17) is 0 Å². The van der Waals surface area contributed by atoms with Crippen molar-refractivity contribution in [3.63, 3.8) is 0 Å². The quantitative estimate of drug-likeness (QED) is 0.761. The lowest BCUT2D eigenvalue weighted by Crippen LogP contribution is -2.45. The van der Waals surface area contributed by atoms with E-state index in [1.807, 2.05) is 48.2 Å². The standard InChI is InChI=1S/C25H32N2O2/c1-3-19(2)26-25(29)22-14-16-27(17-15-22)24(28)18-23(20-10-6-4-7-11-20)21-12-8-5-9-13-21/h4-13,19,22-23H,3,14-18H2,1-2H3,(H,26,29). The number of benzene rings is 2. The molecule has 1 aliphatic heterocycles. The topological polar surface area (TPSA) is 49.4 Å². The van der Waals surface area contributed by atoms with Gasteiger partial charge in [0.15, 0.2) is 0 Å². The summed E-state index contributed by atoms with van der Waals surface area (Å²) in [6.07, 6.45) is 2.88. The Balaban J connectivity index is 1.62. The second-order valence-corrected chi connectivity index (χ2v) is 8.05. The minimum atomic E-state index is 0.0205. The monoisotopic (exact) mass is 392 g/mol. The zero-order chi connectivity index (χ0) is 20.6. The highest BCUT2D eigenvalue weighted by Crippen LogP contribution is 2.29. The molecule has 0 saturated carbocycles. The van der Waals surface area contributed by atoms with Gasteiger partial charge in [-0.05, 0) is 37.3 Å². The van der Waals surface area contributed by atoms with Crippen LogP contribution in [0.15, 0.2) is 60.7 Å². The summed E-state index contributed by atoms with van der Waals surface area (Å²) < 4.78 is 0. The second-order valence-electron chi connectivity index (χ2n) is 8.05. The van der Waals surface area contributed by atoms with Gasteiger partial charge in [0.25, 0.3) is 0 Å². The van der Waals surface area contributed by atoms with Crippen LogP contribution in [0.2, 0.25) is 0 Å². The summed E-state index contributed by atoms with van der Waals surface area (Å²) in [5.74, 6) is 0.379. The van der Waals surface area contributed by atoms with Crippen molar-refractivity contribution in [1.29, 1.82) is 0 Å². The number of carbonyl (C=O) groups is 2. The van der Waals surface area contributed by atoms with Crippen molar-refractivity contribution in [3.8, 4) is 0 Å². The average Bonchev–Trinajstić information content (AvgIpc) is 2.78. The molecule has 0 radical (unpaired) electrons. The molecule has 1 saturated heterocycles.